The first-order valence-electron chi connectivity index (χ1n) is 5.45. The first-order chi connectivity index (χ1) is 9.25. The molecule has 0 saturated carbocycles. The summed E-state index contributed by atoms with van der Waals surface area (Å²) in [7, 11) is 0. The number of anilines is 3. The smallest absolute Gasteiger partial charge is 0.397 e. The van der Waals surface area contributed by atoms with Gasteiger partial charge in [0.2, 0.25) is 0 Å². The fraction of sp³-hybridized carbons (Fsp3) is 0.0769. The van der Waals surface area contributed by atoms with Crippen LogP contribution < -0.4 is 11.1 Å². The first kappa shape index (κ1) is 15.2. The fourth-order valence-electron chi connectivity index (χ4n) is 1.63. The molecular weight excluding hydrogens is 404 g/mol. The molecular formula is C13H9ClF3IN2. The Bertz CT molecular complexity index is 644. The summed E-state index contributed by atoms with van der Waals surface area (Å²) in [6, 6.07) is 8.50. The largest absolute Gasteiger partial charge is 0.416 e. The molecule has 0 fully saturated rings. The molecule has 0 heterocycles. The van der Waals surface area contributed by atoms with Crippen LogP contribution >= 0.6 is 34.2 Å². The lowest BCUT2D eigenvalue weighted by atomic mass is 10.2. The highest BCUT2D eigenvalue weighted by Crippen LogP contribution is 2.34. The topological polar surface area (TPSA) is 38.0 Å². The van der Waals surface area contributed by atoms with Crippen LogP contribution in [0.1, 0.15) is 5.56 Å². The summed E-state index contributed by atoms with van der Waals surface area (Å²) >= 11 is 7.81. The number of hydrogen-bond donors (Lipinski definition) is 2. The third-order valence-corrected chi connectivity index (χ3v) is 3.41. The molecule has 3 N–H and O–H groups in total. The third-order valence-electron chi connectivity index (χ3n) is 2.52. The maximum atomic E-state index is 12.7. The lowest BCUT2D eigenvalue weighted by Gasteiger charge is -2.13. The minimum Gasteiger partial charge on any atom is -0.397 e. The van der Waals surface area contributed by atoms with Crippen LogP contribution in [0.25, 0.3) is 0 Å². The number of alkyl halides is 3. The summed E-state index contributed by atoms with van der Waals surface area (Å²) in [5.74, 6) is 0. The molecule has 0 spiro atoms. The van der Waals surface area contributed by atoms with E-state index < -0.39 is 11.7 Å². The predicted molar refractivity (Wildman–Crippen MR) is 83.3 cm³/mol. The molecule has 0 bridgehead atoms. The molecule has 2 aromatic rings. The molecule has 0 amide bonds. The van der Waals surface area contributed by atoms with Crippen molar-refractivity contribution < 1.29 is 13.2 Å². The van der Waals surface area contributed by atoms with Crippen LogP contribution in [-0.2, 0) is 6.18 Å². The summed E-state index contributed by atoms with van der Waals surface area (Å²) in [5.41, 5.74) is 6.21. The van der Waals surface area contributed by atoms with E-state index in [2.05, 4.69) is 27.9 Å². The number of nitrogen functional groups attached to an aromatic ring is 1. The van der Waals surface area contributed by atoms with Crippen molar-refractivity contribution in [3.63, 3.8) is 0 Å². The van der Waals surface area contributed by atoms with E-state index in [1.54, 1.807) is 18.2 Å². The summed E-state index contributed by atoms with van der Waals surface area (Å²) in [4.78, 5) is 0. The lowest BCUT2D eigenvalue weighted by Crippen LogP contribution is -2.06. The highest BCUT2D eigenvalue weighted by Gasteiger charge is 2.31. The average molecular weight is 413 g/mol. The average Bonchev–Trinajstić information content (AvgIpc) is 2.31. The zero-order valence-corrected chi connectivity index (χ0v) is 12.8. The molecule has 0 saturated heterocycles. The second kappa shape index (κ2) is 5.69. The number of benzene rings is 2. The molecule has 7 heteroatoms. The van der Waals surface area contributed by atoms with Gasteiger partial charge in [-0.2, -0.15) is 13.2 Å². The molecule has 0 aliphatic carbocycles. The van der Waals surface area contributed by atoms with Gasteiger partial charge in [-0.3, -0.25) is 0 Å². The van der Waals surface area contributed by atoms with Gasteiger partial charge in [-0.25, -0.2) is 0 Å². The number of rotatable bonds is 2. The van der Waals surface area contributed by atoms with Crippen molar-refractivity contribution in [3.05, 3.63) is 50.6 Å². The second-order valence-corrected chi connectivity index (χ2v) is 5.76. The van der Waals surface area contributed by atoms with E-state index in [-0.39, 0.29) is 10.7 Å². The Kier molecular flexibility index (Phi) is 4.33. The Balaban J connectivity index is 2.36. The molecule has 0 aromatic heterocycles. The number of nitrogens with one attached hydrogen (secondary N) is 1. The van der Waals surface area contributed by atoms with Crippen molar-refractivity contribution in [1.29, 1.82) is 0 Å². The minimum absolute atomic E-state index is 0.00593. The summed E-state index contributed by atoms with van der Waals surface area (Å²) < 4.78 is 39.1. The van der Waals surface area contributed by atoms with Crippen LogP contribution in [0.4, 0.5) is 30.2 Å². The summed E-state index contributed by atoms with van der Waals surface area (Å²) in [5, 5.41) is 2.85. The third kappa shape index (κ3) is 3.69. The molecule has 2 aromatic carbocycles. The van der Waals surface area contributed by atoms with Gasteiger partial charge in [-0.15, -0.1) is 0 Å². The van der Waals surface area contributed by atoms with Gasteiger partial charge < -0.3 is 11.1 Å². The quantitative estimate of drug-likeness (QED) is 0.520. The van der Waals surface area contributed by atoms with E-state index in [4.69, 9.17) is 17.3 Å². The Morgan fingerprint density at radius 2 is 1.80 bits per heavy atom. The van der Waals surface area contributed by atoms with Crippen molar-refractivity contribution in [2.24, 2.45) is 0 Å². The predicted octanol–water partition coefficient (Wildman–Crippen LogP) is 5.29. The Morgan fingerprint density at radius 3 is 2.40 bits per heavy atom. The zero-order chi connectivity index (χ0) is 14.9. The molecule has 0 unspecified atom stereocenters. The number of hydrogen-bond acceptors (Lipinski definition) is 2. The molecule has 0 atom stereocenters. The summed E-state index contributed by atoms with van der Waals surface area (Å²) in [6.45, 7) is 0. The van der Waals surface area contributed by atoms with Gasteiger partial charge in [-0.05, 0) is 59.0 Å². The highest BCUT2D eigenvalue weighted by molar-refractivity contribution is 14.1. The van der Waals surface area contributed by atoms with Crippen molar-refractivity contribution >= 4 is 51.3 Å². The maximum Gasteiger partial charge on any atom is 0.416 e. The van der Waals surface area contributed by atoms with Gasteiger partial charge in [0.05, 0.1) is 16.9 Å². The van der Waals surface area contributed by atoms with Gasteiger partial charge in [0.1, 0.15) is 0 Å². The molecule has 20 heavy (non-hydrogen) atoms. The zero-order valence-electron chi connectivity index (χ0n) is 9.93. The maximum absolute atomic E-state index is 12.7. The SMILES string of the molecule is Nc1cc(I)ccc1Nc1cc(Cl)cc(C(F)(F)F)c1. The Hall–Kier alpha value is -1.15. The van der Waals surface area contributed by atoms with E-state index in [9.17, 15) is 13.2 Å². The monoisotopic (exact) mass is 412 g/mol. The van der Waals surface area contributed by atoms with Crippen LogP contribution in [0, 0.1) is 3.57 Å². The van der Waals surface area contributed by atoms with Crippen molar-refractivity contribution in [2.45, 2.75) is 6.18 Å². The van der Waals surface area contributed by atoms with Crippen LogP contribution in [0.3, 0.4) is 0 Å². The number of halogens is 5. The van der Waals surface area contributed by atoms with Crippen LogP contribution in [0.2, 0.25) is 5.02 Å². The molecule has 0 aliphatic heterocycles. The highest BCUT2D eigenvalue weighted by atomic mass is 127. The fourth-order valence-corrected chi connectivity index (χ4v) is 2.38. The van der Waals surface area contributed by atoms with Gasteiger partial charge in [-0.1, -0.05) is 11.6 Å². The van der Waals surface area contributed by atoms with E-state index in [1.165, 1.54) is 6.07 Å². The molecule has 0 aliphatic rings. The molecule has 0 radical (unpaired) electrons. The van der Waals surface area contributed by atoms with Crippen molar-refractivity contribution in [1.82, 2.24) is 0 Å². The van der Waals surface area contributed by atoms with E-state index in [0.717, 1.165) is 15.7 Å². The van der Waals surface area contributed by atoms with Gasteiger partial charge in [0, 0.05) is 14.3 Å². The lowest BCUT2D eigenvalue weighted by molar-refractivity contribution is -0.137. The first-order valence-corrected chi connectivity index (χ1v) is 6.91. The van der Waals surface area contributed by atoms with Crippen molar-refractivity contribution in [3.8, 4) is 0 Å². The molecule has 2 rings (SSSR count). The van der Waals surface area contributed by atoms with Gasteiger partial charge in [0.25, 0.3) is 0 Å². The normalized spacial score (nSPS) is 11.4. The minimum atomic E-state index is -4.45. The van der Waals surface area contributed by atoms with Crippen LogP contribution in [0.5, 0.6) is 0 Å². The molecule has 106 valence electrons. The van der Waals surface area contributed by atoms with Crippen LogP contribution in [0.15, 0.2) is 36.4 Å². The van der Waals surface area contributed by atoms with Crippen molar-refractivity contribution in [2.75, 3.05) is 11.1 Å². The van der Waals surface area contributed by atoms with E-state index in [1.807, 2.05) is 0 Å². The Labute approximate surface area is 132 Å². The van der Waals surface area contributed by atoms with Gasteiger partial charge >= 0.3 is 6.18 Å². The standard InChI is InChI=1S/C13H9ClF3IN2/c14-8-3-7(13(15,16)17)4-10(5-8)20-12-2-1-9(18)6-11(12)19/h1-6,20H,19H2. The number of nitrogens with two attached hydrogens (primary N) is 1. The Morgan fingerprint density at radius 1 is 1.10 bits per heavy atom. The van der Waals surface area contributed by atoms with Gasteiger partial charge in [0.15, 0.2) is 0 Å². The van der Waals surface area contributed by atoms with E-state index in [0.29, 0.717) is 11.4 Å². The molecule has 2 nitrogen and oxygen atoms in total. The van der Waals surface area contributed by atoms with E-state index >= 15 is 0 Å². The summed E-state index contributed by atoms with van der Waals surface area (Å²) in [6.07, 6.45) is -4.45. The van der Waals surface area contributed by atoms with Crippen LogP contribution in [-0.4, -0.2) is 0 Å². The second-order valence-electron chi connectivity index (χ2n) is 4.08.